The third-order valence-electron chi connectivity index (χ3n) is 3.96. The van der Waals surface area contributed by atoms with Gasteiger partial charge in [0.2, 0.25) is 5.78 Å². The predicted octanol–water partition coefficient (Wildman–Crippen LogP) is 3.74. The van der Waals surface area contributed by atoms with Gasteiger partial charge < -0.3 is 10.4 Å². The average Bonchev–Trinajstić information content (AvgIpc) is 3.16. The lowest BCUT2D eigenvalue weighted by molar-refractivity contribution is -0.119. The van der Waals surface area contributed by atoms with Crippen molar-refractivity contribution >= 4 is 23.0 Å². The standard InChI is InChI=1S/C18H17NO3S/c1-10(2)11-5-7-12(8-6-11)15-14(17(21)18(22)19-15)16(20)13-4-3-9-23-13/h3-10,15,21H,1-2H3,(H,19,22). The second-order valence-corrected chi connectivity index (χ2v) is 6.74. The van der Waals surface area contributed by atoms with Crippen molar-refractivity contribution < 1.29 is 14.7 Å². The van der Waals surface area contributed by atoms with E-state index in [4.69, 9.17) is 0 Å². The fraction of sp³-hybridized carbons (Fsp3) is 0.222. The SMILES string of the molecule is CC(C)c1ccc(C2NC(=O)C(O)=C2C(=O)c2cccs2)cc1. The Morgan fingerprint density at radius 1 is 1.22 bits per heavy atom. The van der Waals surface area contributed by atoms with Crippen LogP contribution in [-0.2, 0) is 4.79 Å². The minimum atomic E-state index is -0.613. The first kappa shape index (κ1) is 15.5. The number of ketones is 1. The molecule has 0 aliphatic carbocycles. The molecule has 2 N–H and O–H groups in total. The Labute approximate surface area is 138 Å². The maximum Gasteiger partial charge on any atom is 0.287 e. The fourth-order valence-corrected chi connectivity index (χ4v) is 3.31. The van der Waals surface area contributed by atoms with E-state index >= 15 is 0 Å². The van der Waals surface area contributed by atoms with Gasteiger partial charge >= 0.3 is 0 Å². The summed E-state index contributed by atoms with van der Waals surface area (Å²) in [6, 6.07) is 10.6. The van der Waals surface area contributed by atoms with E-state index in [2.05, 4.69) is 19.2 Å². The average molecular weight is 327 g/mol. The van der Waals surface area contributed by atoms with Gasteiger partial charge in [-0.05, 0) is 28.5 Å². The number of carbonyl (C=O) groups excluding carboxylic acids is 2. The molecule has 0 radical (unpaired) electrons. The van der Waals surface area contributed by atoms with Gasteiger partial charge in [0.25, 0.3) is 5.91 Å². The number of hydrogen-bond acceptors (Lipinski definition) is 4. The molecular weight excluding hydrogens is 310 g/mol. The summed E-state index contributed by atoms with van der Waals surface area (Å²) in [5.74, 6) is -1.00. The molecule has 1 aromatic carbocycles. The molecule has 0 bridgehead atoms. The first-order valence-electron chi connectivity index (χ1n) is 7.41. The Balaban J connectivity index is 1.98. The lowest BCUT2D eigenvalue weighted by Crippen LogP contribution is -2.23. The summed E-state index contributed by atoms with van der Waals surface area (Å²) in [6.45, 7) is 4.20. The van der Waals surface area contributed by atoms with Gasteiger partial charge in [0, 0.05) is 0 Å². The summed E-state index contributed by atoms with van der Waals surface area (Å²) in [5, 5.41) is 14.5. The highest BCUT2D eigenvalue weighted by Gasteiger charge is 2.37. The Morgan fingerprint density at radius 2 is 1.91 bits per heavy atom. The van der Waals surface area contributed by atoms with Crippen LogP contribution in [0.5, 0.6) is 0 Å². The maximum absolute atomic E-state index is 12.6. The number of aliphatic hydroxyl groups excluding tert-OH is 1. The number of carbonyl (C=O) groups is 2. The van der Waals surface area contributed by atoms with Crippen molar-refractivity contribution in [2.24, 2.45) is 0 Å². The summed E-state index contributed by atoms with van der Waals surface area (Å²) < 4.78 is 0. The molecular formula is C18H17NO3S. The van der Waals surface area contributed by atoms with E-state index < -0.39 is 17.7 Å². The van der Waals surface area contributed by atoms with E-state index in [9.17, 15) is 14.7 Å². The summed E-state index contributed by atoms with van der Waals surface area (Å²) in [5.41, 5.74) is 2.08. The molecule has 1 amide bonds. The van der Waals surface area contributed by atoms with Crippen LogP contribution in [0.25, 0.3) is 0 Å². The van der Waals surface area contributed by atoms with Crippen LogP contribution < -0.4 is 5.32 Å². The summed E-state index contributed by atoms with van der Waals surface area (Å²) in [7, 11) is 0. The van der Waals surface area contributed by atoms with Crippen LogP contribution in [0.15, 0.2) is 53.1 Å². The molecule has 3 rings (SSSR count). The highest BCUT2D eigenvalue weighted by atomic mass is 32.1. The van der Waals surface area contributed by atoms with Crippen molar-refractivity contribution in [1.29, 1.82) is 0 Å². The Hall–Kier alpha value is -2.40. The van der Waals surface area contributed by atoms with Crippen LogP contribution in [0.1, 0.15) is 46.6 Å². The number of rotatable bonds is 4. The highest BCUT2D eigenvalue weighted by Crippen LogP contribution is 2.33. The van der Waals surface area contributed by atoms with Gasteiger partial charge in [-0.2, -0.15) is 0 Å². The van der Waals surface area contributed by atoms with Crippen molar-refractivity contribution in [2.45, 2.75) is 25.8 Å². The van der Waals surface area contributed by atoms with E-state index in [0.29, 0.717) is 10.8 Å². The van der Waals surface area contributed by atoms with Gasteiger partial charge in [-0.25, -0.2) is 0 Å². The van der Waals surface area contributed by atoms with Crippen molar-refractivity contribution in [3.05, 3.63) is 69.1 Å². The molecule has 1 unspecified atom stereocenters. The monoisotopic (exact) mass is 327 g/mol. The van der Waals surface area contributed by atoms with Crippen LogP contribution in [0.4, 0.5) is 0 Å². The molecule has 0 spiro atoms. The van der Waals surface area contributed by atoms with Crippen LogP contribution in [-0.4, -0.2) is 16.8 Å². The zero-order valence-corrected chi connectivity index (χ0v) is 13.7. The molecule has 0 saturated heterocycles. The minimum absolute atomic E-state index is 0.120. The molecule has 1 atom stereocenters. The van der Waals surface area contributed by atoms with Gasteiger partial charge in [-0.1, -0.05) is 44.2 Å². The molecule has 0 fully saturated rings. The zero-order valence-electron chi connectivity index (χ0n) is 12.9. The molecule has 118 valence electrons. The molecule has 4 nitrogen and oxygen atoms in total. The molecule has 23 heavy (non-hydrogen) atoms. The molecule has 2 heterocycles. The van der Waals surface area contributed by atoms with Crippen molar-refractivity contribution in [3.8, 4) is 0 Å². The minimum Gasteiger partial charge on any atom is -0.503 e. The first-order valence-corrected chi connectivity index (χ1v) is 8.29. The Bertz CT molecular complexity index is 773. The van der Waals surface area contributed by atoms with Gasteiger partial charge in [-0.15, -0.1) is 11.3 Å². The van der Waals surface area contributed by atoms with Crippen molar-refractivity contribution in [1.82, 2.24) is 5.32 Å². The normalized spacial score (nSPS) is 17.7. The van der Waals surface area contributed by atoms with E-state index in [1.807, 2.05) is 24.3 Å². The van der Waals surface area contributed by atoms with Crippen LogP contribution in [0.3, 0.4) is 0 Å². The van der Waals surface area contributed by atoms with Gasteiger partial charge in [0.1, 0.15) is 0 Å². The van der Waals surface area contributed by atoms with Gasteiger partial charge in [-0.3, -0.25) is 9.59 Å². The Morgan fingerprint density at radius 3 is 2.48 bits per heavy atom. The summed E-state index contributed by atoms with van der Waals surface area (Å²) in [6.07, 6.45) is 0. The summed E-state index contributed by atoms with van der Waals surface area (Å²) >= 11 is 1.29. The molecule has 5 heteroatoms. The number of amides is 1. The number of nitrogens with one attached hydrogen (secondary N) is 1. The van der Waals surface area contributed by atoms with Crippen LogP contribution in [0.2, 0.25) is 0 Å². The quantitative estimate of drug-likeness (QED) is 0.841. The van der Waals surface area contributed by atoms with E-state index in [0.717, 1.165) is 5.56 Å². The summed E-state index contributed by atoms with van der Waals surface area (Å²) in [4.78, 5) is 25.0. The van der Waals surface area contributed by atoms with E-state index in [1.54, 1.807) is 17.5 Å². The van der Waals surface area contributed by atoms with Gasteiger partial charge in [0.15, 0.2) is 5.76 Å². The van der Waals surface area contributed by atoms with E-state index in [1.165, 1.54) is 16.9 Å². The van der Waals surface area contributed by atoms with Gasteiger partial charge in [0.05, 0.1) is 16.5 Å². The molecule has 0 saturated carbocycles. The maximum atomic E-state index is 12.6. The zero-order chi connectivity index (χ0) is 16.6. The van der Waals surface area contributed by atoms with E-state index in [-0.39, 0.29) is 11.4 Å². The molecule has 2 aromatic rings. The number of thiophene rings is 1. The largest absolute Gasteiger partial charge is 0.503 e. The van der Waals surface area contributed by atoms with Crippen molar-refractivity contribution in [2.75, 3.05) is 0 Å². The third kappa shape index (κ3) is 2.80. The molecule has 1 aliphatic heterocycles. The lowest BCUT2D eigenvalue weighted by atomic mass is 9.94. The number of aliphatic hydroxyl groups is 1. The number of hydrogen-bond donors (Lipinski definition) is 2. The topological polar surface area (TPSA) is 66.4 Å². The molecule has 1 aliphatic rings. The lowest BCUT2D eigenvalue weighted by Gasteiger charge is -2.15. The third-order valence-corrected chi connectivity index (χ3v) is 4.83. The Kier molecular flexibility index (Phi) is 4.05. The number of Topliss-reactive ketones (excluding diaryl/α,β-unsaturated/α-hetero) is 1. The predicted molar refractivity (Wildman–Crippen MR) is 89.7 cm³/mol. The first-order chi connectivity index (χ1) is 11.0. The second-order valence-electron chi connectivity index (χ2n) is 5.80. The van der Waals surface area contributed by atoms with Crippen LogP contribution >= 0.6 is 11.3 Å². The van der Waals surface area contributed by atoms with Crippen LogP contribution in [0, 0.1) is 0 Å². The highest BCUT2D eigenvalue weighted by molar-refractivity contribution is 7.12. The van der Waals surface area contributed by atoms with Crippen molar-refractivity contribution in [3.63, 3.8) is 0 Å². The smallest absolute Gasteiger partial charge is 0.287 e. The number of benzene rings is 1. The molecule has 1 aromatic heterocycles. The second kappa shape index (κ2) is 6.01. The fourth-order valence-electron chi connectivity index (χ4n) is 2.63.